The van der Waals surface area contributed by atoms with Crippen molar-refractivity contribution in [2.75, 3.05) is 0 Å². The van der Waals surface area contributed by atoms with E-state index in [-0.39, 0.29) is 0 Å². The summed E-state index contributed by atoms with van der Waals surface area (Å²) in [6.45, 7) is 0.595. The van der Waals surface area contributed by atoms with Crippen LogP contribution in [0.25, 0.3) is 0 Å². The number of rotatable bonds is 7. The number of hydrogen-bond donors (Lipinski definition) is 0. The van der Waals surface area contributed by atoms with Crippen molar-refractivity contribution in [2.45, 2.75) is 32.3 Å². The summed E-state index contributed by atoms with van der Waals surface area (Å²) in [5.74, 6) is 1.15. The quantitative estimate of drug-likeness (QED) is 0.222. The van der Waals surface area contributed by atoms with Crippen molar-refractivity contribution in [3.05, 3.63) is 138 Å². The summed E-state index contributed by atoms with van der Waals surface area (Å²) in [6, 6.07) is 43.6. The van der Waals surface area contributed by atoms with Crippen LogP contribution in [0.15, 0.2) is 132 Å². The first-order valence-corrected chi connectivity index (χ1v) is 16.3. The summed E-state index contributed by atoms with van der Waals surface area (Å²) >= 11 is 4.64. The predicted molar refractivity (Wildman–Crippen MR) is 151 cm³/mol. The summed E-state index contributed by atoms with van der Waals surface area (Å²) in [5, 5.41) is 2.21. The Hall–Kier alpha value is -2.67. The molecule has 172 valence electrons. The molecule has 1 aliphatic rings. The Morgan fingerprint density at radius 3 is 1.44 bits per heavy atom. The Bertz CT molecular complexity index is 1150. The molecule has 1 nitrogen and oxygen atoms in total. The van der Waals surface area contributed by atoms with E-state index in [1.54, 1.807) is 0 Å². The molecular formula is C31H30BrOP. The first-order chi connectivity index (χ1) is 16.7. The topological polar surface area (TPSA) is 9.23 Å². The summed E-state index contributed by atoms with van der Waals surface area (Å²) < 4.78 is 6.70. The summed E-state index contributed by atoms with van der Waals surface area (Å²) in [4.78, 5) is 0. The van der Waals surface area contributed by atoms with Gasteiger partial charge >= 0.3 is 212 Å². The average molecular weight is 529 g/mol. The molecule has 34 heavy (non-hydrogen) atoms. The van der Waals surface area contributed by atoms with Crippen LogP contribution in [0, 0.1) is 0 Å². The Balaban J connectivity index is 1.81. The molecule has 5 rings (SSSR count). The second-order valence-corrected chi connectivity index (χ2v) is 17.2. The van der Waals surface area contributed by atoms with Crippen molar-refractivity contribution in [1.29, 1.82) is 0 Å². The molecular weight excluding hydrogens is 499 g/mol. The van der Waals surface area contributed by atoms with E-state index in [1.807, 2.05) is 0 Å². The van der Waals surface area contributed by atoms with E-state index in [4.69, 9.17) is 4.74 Å². The summed E-state index contributed by atoms with van der Waals surface area (Å²) in [7, 11) is 0. The Labute approximate surface area is 211 Å². The Morgan fingerprint density at radius 1 is 0.559 bits per heavy atom. The number of halogens is 1. The number of hydrogen-bond acceptors (Lipinski definition) is 1. The first kappa shape index (κ1) is 23.1. The molecule has 4 aromatic carbocycles. The minimum atomic E-state index is -3.18. The fourth-order valence-electron chi connectivity index (χ4n) is 5.24. The third-order valence-electron chi connectivity index (χ3n) is 6.88. The Morgan fingerprint density at radius 2 is 0.971 bits per heavy atom. The van der Waals surface area contributed by atoms with Crippen molar-refractivity contribution in [3.63, 3.8) is 0 Å². The van der Waals surface area contributed by atoms with Crippen molar-refractivity contribution in [2.24, 2.45) is 0 Å². The van der Waals surface area contributed by atoms with Crippen molar-refractivity contribution in [1.82, 2.24) is 0 Å². The van der Waals surface area contributed by atoms with Gasteiger partial charge in [0.1, 0.15) is 0 Å². The van der Waals surface area contributed by atoms with Gasteiger partial charge in [-0.15, -0.1) is 0 Å². The normalized spacial score (nSPS) is 15.4. The van der Waals surface area contributed by atoms with Crippen LogP contribution >= 0.6 is 20.8 Å². The van der Waals surface area contributed by atoms with Gasteiger partial charge in [-0.1, -0.05) is 0 Å². The maximum absolute atomic E-state index is 6.70. The molecule has 0 aliphatic heterocycles. The monoisotopic (exact) mass is 528 g/mol. The van der Waals surface area contributed by atoms with E-state index in [9.17, 15) is 0 Å². The molecule has 0 N–H and O–H groups in total. The van der Waals surface area contributed by atoms with Crippen LogP contribution in [0.5, 0.6) is 0 Å². The molecule has 1 aliphatic carbocycles. The van der Waals surface area contributed by atoms with Gasteiger partial charge in [0.05, 0.1) is 0 Å². The molecule has 0 unspecified atom stereocenters. The number of benzene rings is 4. The molecule has 0 saturated carbocycles. The van der Waals surface area contributed by atoms with E-state index < -0.39 is 5.31 Å². The minimum absolute atomic E-state index is 0.595. The third-order valence-corrected chi connectivity index (χ3v) is 17.1. The fraction of sp³-hybridized carbons (Fsp3) is 0.161. The second kappa shape index (κ2) is 9.90. The van der Waals surface area contributed by atoms with Crippen LogP contribution in [-0.2, 0) is 11.3 Å². The van der Waals surface area contributed by atoms with Crippen LogP contribution in [0.1, 0.15) is 31.2 Å². The standard InChI is InChI=1S/C31H30BrOP/c32-34(27-17-7-2-8-18-27,28-19-9-3-10-20-28,29-21-11-4-12-22-29)31-24-14-13-23-30(31)33-25-26-15-5-1-6-16-26/h1-12,15-22H,13-14,23-25H2. The molecule has 0 saturated heterocycles. The third kappa shape index (κ3) is 3.94. The van der Waals surface area contributed by atoms with Gasteiger partial charge in [-0.05, 0) is 0 Å². The molecule has 4 aromatic rings. The first-order valence-electron chi connectivity index (χ1n) is 12.0. The van der Waals surface area contributed by atoms with Crippen molar-refractivity contribution >= 4 is 36.7 Å². The van der Waals surface area contributed by atoms with E-state index in [2.05, 4.69) is 137 Å². The molecule has 0 aromatic heterocycles. The fourth-order valence-corrected chi connectivity index (χ4v) is 13.7. The summed E-state index contributed by atoms with van der Waals surface area (Å²) in [5.41, 5.74) is 1.20. The van der Waals surface area contributed by atoms with Gasteiger partial charge in [-0.2, -0.15) is 0 Å². The summed E-state index contributed by atoms with van der Waals surface area (Å²) in [6.07, 6.45) is 4.32. The van der Waals surface area contributed by atoms with Crippen molar-refractivity contribution in [3.8, 4) is 0 Å². The van der Waals surface area contributed by atoms with Gasteiger partial charge in [-0.3, -0.25) is 0 Å². The van der Waals surface area contributed by atoms with Gasteiger partial charge in [0.15, 0.2) is 0 Å². The molecule has 0 amide bonds. The molecule has 0 heterocycles. The molecule has 0 bridgehead atoms. The zero-order valence-electron chi connectivity index (χ0n) is 19.3. The van der Waals surface area contributed by atoms with E-state index >= 15 is 0 Å². The zero-order valence-corrected chi connectivity index (χ0v) is 21.8. The molecule has 0 spiro atoms. The van der Waals surface area contributed by atoms with Crippen molar-refractivity contribution < 1.29 is 4.74 Å². The van der Waals surface area contributed by atoms with Gasteiger partial charge in [0.2, 0.25) is 0 Å². The van der Waals surface area contributed by atoms with Gasteiger partial charge in [0, 0.05) is 0 Å². The van der Waals surface area contributed by atoms with Gasteiger partial charge in [-0.25, -0.2) is 0 Å². The van der Waals surface area contributed by atoms with E-state index in [0.29, 0.717) is 6.61 Å². The van der Waals surface area contributed by atoms with E-state index in [0.717, 1.165) is 25.0 Å². The zero-order chi connectivity index (χ0) is 23.3. The maximum atomic E-state index is 6.70. The van der Waals surface area contributed by atoms with Crippen LogP contribution < -0.4 is 15.9 Å². The SMILES string of the molecule is BrP(C1=C(OCc2ccccc2)CCCC1)(c1ccccc1)(c1ccccc1)c1ccccc1. The molecule has 0 atom stereocenters. The van der Waals surface area contributed by atoms with Gasteiger partial charge in [0.25, 0.3) is 0 Å². The number of allylic oxidation sites excluding steroid dienone is 2. The van der Waals surface area contributed by atoms with Crippen LogP contribution in [-0.4, -0.2) is 0 Å². The van der Waals surface area contributed by atoms with E-state index in [1.165, 1.54) is 33.2 Å². The molecule has 3 heteroatoms. The van der Waals surface area contributed by atoms with Crippen LogP contribution in [0.4, 0.5) is 0 Å². The average Bonchev–Trinajstić information content (AvgIpc) is 2.94. The number of ether oxygens (including phenoxy) is 1. The molecule has 0 radical (unpaired) electrons. The molecule has 0 fully saturated rings. The van der Waals surface area contributed by atoms with Crippen LogP contribution in [0.3, 0.4) is 0 Å². The second-order valence-electron chi connectivity index (χ2n) is 8.87. The van der Waals surface area contributed by atoms with Crippen LogP contribution in [0.2, 0.25) is 0 Å². The van der Waals surface area contributed by atoms with Gasteiger partial charge < -0.3 is 0 Å². The Kier molecular flexibility index (Phi) is 6.73. The predicted octanol–water partition coefficient (Wildman–Crippen LogP) is 7.83.